The van der Waals surface area contributed by atoms with Crippen molar-refractivity contribution < 1.29 is 0 Å². The molecule has 0 saturated heterocycles. The molecule has 0 bridgehead atoms. The number of benzene rings is 8. The molecule has 8 aromatic carbocycles. The molecule has 1 aliphatic heterocycles. The quantitative estimate of drug-likeness (QED) is 0.170. The molecule has 2 aliphatic rings. The number of aliphatic imine (C=N–C) groups is 1. The molecular weight excluding hydrogens is 759 g/mol. The first kappa shape index (κ1) is 34.0. The van der Waals surface area contributed by atoms with Crippen LogP contribution in [0.3, 0.4) is 0 Å². The monoisotopic (exact) mass is 799 g/mol. The van der Waals surface area contributed by atoms with Crippen LogP contribution >= 0.6 is 11.3 Å². The first-order valence-corrected chi connectivity index (χ1v) is 22.8. The van der Waals surface area contributed by atoms with E-state index in [4.69, 9.17) is 4.99 Å². The summed E-state index contributed by atoms with van der Waals surface area (Å²) in [5.74, 6) is 0.631. The van der Waals surface area contributed by atoms with Crippen LogP contribution in [0.4, 0.5) is 5.69 Å². The molecule has 4 aromatic heterocycles. The smallest absolute Gasteiger partial charge is 0.0868 e. The highest BCUT2D eigenvalue weighted by Gasteiger charge is 2.43. The minimum Gasteiger partial charge on any atom is -0.331 e. The minimum absolute atomic E-state index is 0.109. The standard InChI is InChI=1S/C57H41N3S/c1-3-36-53(58-54-42-23-11-15-27-50(42)61-57(54)56(36)59-46-24-12-8-19-38(46)39-20-9-13-25-47(39)59)43-29-35-30-45-44-28-33-16-4-5-17-34(33)31-49(44)60-48-26-14-10-22-41(48)52(55(45)60)51(35)40-21-7-6-18-37(40)32(43)2/h4-28,30-32,36,43,56H,3,29H2,1-2H3. The largest absolute Gasteiger partial charge is 0.331 e. The van der Waals surface area contributed by atoms with E-state index in [2.05, 4.69) is 187 Å². The molecule has 4 heteroatoms. The Bertz CT molecular complexity index is 3780. The summed E-state index contributed by atoms with van der Waals surface area (Å²) in [7, 11) is 0. The zero-order valence-electron chi connectivity index (χ0n) is 34.1. The average molecular weight is 800 g/mol. The summed E-state index contributed by atoms with van der Waals surface area (Å²) in [5.41, 5.74) is 14.7. The van der Waals surface area contributed by atoms with Crippen molar-refractivity contribution in [2.45, 2.75) is 38.6 Å². The van der Waals surface area contributed by atoms with Crippen molar-refractivity contribution >= 4 is 103 Å². The van der Waals surface area contributed by atoms with Gasteiger partial charge in [-0.2, -0.15) is 0 Å². The molecule has 5 heterocycles. The van der Waals surface area contributed by atoms with E-state index in [-0.39, 0.29) is 23.8 Å². The Morgan fingerprint density at radius 3 is 2.02 bits per heavy atom. The Kier molecular flexibility index (Phi) is 6.92. The van der Waals surface area contributed by atoms with E-state index in [1.807, 2.05) is 11.3 Å². The van der Waals surface area contributed by atoms with Crippen LogP contribution in [0.2, 0.25) is 0 Å². The van der Waals surface area contributed by atoms with E-state index >= 15 is 0 Å². The lowest BCUT2D eigenvalue weighted by molar-refractivity contribution is 0.442. The van der Waals surface area contributed by atoms with Crippen LogP contribution in [-0.4, -0.2) is 14.7 Å². The zero-order chi connectivity index (χ0) is 40.1. The highest BCUT2D eigenvalue weighted by molar-refractivity contribution is 7.19. The van der Waals surface area contributed by atoms with Crippen molar-refractivity contribution in [2.24, 2.45) is 16.8 Å². The van der Waals surface area contributed by atoms with Gasteiger partial charge in [0.1, 0.15) is 0 Å². The van der Waals surface area contributed by atoms with Gasteiger partial charge in [-0.15, -0.1) is 11.3 Å². The second-order valence-corrected chi connectivity index (χ2v) is 18.7. The van der Waals surface area contributed by atoms with Crippen LogP contribution in [0.25, 0.3) is 91.9 Å². The highest BCUT2D eigenvalue weighted by Crippen LogP contribution is 2.56. The van der Waals surface area contributed by atoms with E-state index in [1.165, 1.54) is 119 Å². The van der Waals surface area contributed by atoms with Crippen LogP contribution in [0.1, 0.15) is 48.2 Å². The van der Waals surface area contributed by atoms with Gasteiger partial charge in [-0.3, -0.25) is 4.99 Å². The molecule has 4 atom stereocenters. The fraction of sp³-hybridized carbons (Fsp3) is 0.140. The number of hydrogen-bond donors (Lipinski definition) is 0. The molecule has 0 amide bonds. The maximum Gasteiger partial charge on any atom is 0.0868 e. The molecule has 0 spiro atoms. The SMILES string of the molecule is CCC1C(C2Cc3cc4c5cc6ccccc6cc5n5c6ccccc6c(c3-c3ccccc3C2C)c45)=Nc2c(sc3ccccc23)C1n1c2ccccc2c2ccccc21. The van der Waals surface area contributed by atoms with Gasteiger partial charge in [0.05, 0.1) is 33.2 Å². The molecule has 0 fully saturated rings. The van der Waals surface area contributed by atoms with Gasteiger partial charge in [0, 0.05) is 71.0 Å². The van der Waals surface area contributed by atoms with Gasteiger partial charge in [-0.1, -0.05) is 135 Å². The van der Waals surface area contributed by atoms with E-state index in [0.717, 1.165) is 12.8 Å². The van der Waals surface area contributed by atoms with Crippen molar-refractivity contribution in [1.29, 1.82) is 0 Å². The van der Waals surface area contributed by atoms with Gasteiger partial charge in [-0.25, -0.2) is 0 Å². The fourth-order valence-electron chi connectivity index (χ4n) is 12.2. The summed E-state index contributed by atoms with van der Waals surface area (Å²) >= 11 is 1.95. The van der Waals surface area contributed by atoms with Crippen LogP contribution < -0.4 is 0 Å². The van der Waals surface area contributed by atoms with Crippen LogP contribution in [0.15, 0.2) is 169 Å². The predicted molar refractivity (Wildman–Crippen MR) is 260 cm³/mol. The van der Waals surface area contributed by atoms with Crippen molar-refractivity contribution in [3.8, 4) is 11.1 Å². The topological polar surface area (TPSA) is 21.7 Å². The Morgan fingerprint density at radius 2 is 1.25 bits per heavy atom. The highest BCUT2D eigenvalue weighted by atomic mass is 32.1. The second kappa shape index (κ2) is 12.4. The average Bonchev–Trinajstić information content (AvgIpc) is 4.02. The predicted octanol–water partition coefficient (Wildman–Crippen LogP) is 15.7. The normalized spacial score (nSPS) is 19.1. The molecule has 290 valence electrons. The lowest BCUT2D eigenvalue weighted by atomic mass is 9.73. The lowest BCUT2D eigenvalue weighted by Gasteiger charge is -2.38. The second-order valence-electron chi connectivity index (χ2n) is 17.6. The van der Waals surface area contributed by atoms with Gasteiger partial charge in [0.2, 0.25) is 0 Å². The Hall–Kier alpha value is -6.75. The third-order valence-corrected chi connectivity index (χ3v) is 16.0. The van der Waals surface area contributed by atoms with Crippen LogP contribution in [-0.2, 0) is 6.42 Å². The van der Waals surface area contributed by atoms with E-state index in [0.29, 0.717) is 0 Å². The van der Waals surface area contributed by atoms with Crippen molar-refractivity contribution in [3.63, 3.8) is 0 Å². The first-order valence-electron chi connectivity index (χ1n) is 22.0. The zero-order valence-corrected chi connectivity index (χ0v) is 34.9. The van der Waals surface area contributed by atoms with Crippen molar-refractivity contribution in [1.82, 2.24) is 8.97 Å². The third kappa shape index (κ3) is 4.45. The molecule has 0 radical (unpaired) electrons. The minimum atomic E-state index is 0.109. The van der Waals surface area contributed by atoms with Gasteiger partial charge >= 0.3 is 0 Å². The van der Waals surface area contributed by atoms with E-state index in [1.54, 1.807) is 0 Å². The van der Waals surface area contributed by atoms with Crippen LogP contribution in [0.5, 0.6) is 0 Å². The summed E-state index contributed by atoms with van der Waals surface area (Å²) in [6, 6.07) is 61.9. The van der Waals surface area contributed by atoms with Gasteiger partial charge in [0.15, 0.2) is 0 Å². The number of fused-ring (bicyclic) bond motifs is 17. The van der Waals surface area contributed by atoms with Crippen LogP contribution in [0, 0.1) is 11.8 Å². The molecular formula is C57H41N3S. The summed E-state index contributed by atoms with van der Waals surface area (Å²) in [4.78, 5) is 7.39. The maximum absolute atomic E-state index is 6.00. The summed E-state index contributed by atoms with van der Waals surface area (Å²) in [6.07, 6.45) is 1.91. The number of para-hydroxylation sites is 3. The number of hydrogen-bond acceptors (Lipinski definition) is 2. The summed E-state index contributed by atoms with van der Waals surface area (Å²) in [6.45, 7) is 4.90. The molecule has 61 heavy (non-hydrogen) atoms. The molecule has 1 aliphatic carbocycles. The van der Waals surface area contributed by atoms with Crippen molar-refractivity contribution in [2.75, 3.05) is 0 Å². The molecule has 3 nitrogen and oxygen atoms in total. The molecule has 14 rings (SSSR count). The maximum atomic E-state index is 6.00. The first-order chi connectivity index (χ1) is 30.2. The van der Waals surface area contributed by atoms with Gasteiger partial charge < -0.3 is 8.97 Å². The Balaban J connectivity index is 1.07. The Labute approximate surface area is 357 Å². The number of aromatic nitrogens is 2. The molecule has 0 saturated carbocycles. The van der Waals surface area contributed by atoms with E-state index in [9.17, 15) is 0 Å². The third-order valence-electron chi connectivity index (χ3n) is 14.8. The fourth-order valence-corrected chi connectivity index (χ4v) is 13.5. The summed E-state index contributed by atoms with van der Waals surface area (Å²) in [5, 5.41) is 11.9. The van der Waals surface area contributed by atoms with Gasteiger partial charge in [-0.05, 0) is 94.3 Å². The molecule has 0 N–H and O–H groups in total. The van der Waals surface area contributed by atoms with Crippen molar-refractivity contribution in [3.05, 3.63) is 180 Å². The lowest BCUT2D eigenvalue weighted by Crippen LogP contribution is -2.36. The van der Waals surface area contributed by atoms with E-state index < -0.39 is 0 Å². The number of thiophene rings is 1. The molecule has 12 aromatic rings. The number of nitrogens with zero attached hydrogens (tertiary/aromatic N) is 3. The Morgan fingerprint density at radius 1 is 0.607 bits per heavy atom. The summed E-state index contributed by atoms with van der Waals surface area (Å²) < 4.78 is 6.58. The molecule has 4 unspecified atom stereocenters. The number of rotatable bonds is 3. The van der Waals surface area contributed by atoms with Gasteiger partial charge in [0.25, 0.3) is 0 Å².